The minimum atomic E-state index is 0.554. The van der Waals surface area contributed by atoms with Crippen molar-refractivity contribution in [3.05, 3.63) is 0 Å². The molecule has 0 radical (unpaired) electrons. The monoisotopic (exact) mass is 114 g/mol. The quantitative estimate of drug-likeness (QED) is 0.466. The van der Waals surface area contributed by atoms with Crippen LogP contribution in [0.1, 0.15) is 26.7 Å². The third-order valence-electron chi connectivity index (χ3n) is 1.85. The van der Waals surface area contributed by atoms with E-state index in [1.54, 1.807) is 0 Å². The summed E-state index contributed by atoms with van der Waals surface area (Å²) in [5, 5.41) is 0. The van der Waals surface area contributed by atoms with E-state index < -0.39 is 0 Å². The van der Waals surface area contributed by atoms with Crippen molar-refractivity contribution in [2.75, 3.05) is 13.2 Å². The van der Waals surface area contributed by atoms with Gasteiger partial charge in [-0.3, -0.25) is 0 Å². The Balaban J connectivity index is 2.33. The highest BCUT2D eigenvalue weighted by Gasteiger charge is 2.20. The van der Waals surface area contributed by atoms with Crippen LogP contribution in [-0.2, 0) is 4.74 Å². The SMILES string of the molecule is CC1(C)CCOCC1. The van der Waals surface area contributed by atoms with Gasteiger partial charge in [0.1, 0.15) is 0 Å². The molecule has 1 aliphatic rings. The fourth-order valence-electron chi connectivity index (χ4n) is 0.924. The molecule has 1 aliphatic heterocycles. The van der Waals surface area contributed by atoms with Gasteiger partial charge in [-0.1, -0.05) is 13.8 Å². The molecule has 8 heavy (non-hydrogen) atoms. The number of hydrogen-bond acceptors (Lipinski definition) is 1. The molecule has 1 heterocycles. The molecule has 1 rings (SSSR count). The summed E-state index contributed by atoms with van der Waals surface area (Å²) in [6, 6.07) is 0. The van der Waals surface area contributed by atoms with Gasteiger partial charge in [-0.05, 0) is 18.3 Å². The average Bonchev–Trinajstić information content (AvgIpc) is 1.65. The van der Waals surface area contributed by atoms with Crippen LogP contribution in [0.4, 0.5) is 0 Å². The van der Waals surface area contributed by atoms with E-state index in [1.165, 1.54) is 12.8 Å². The molecule has 0 amide bonds. The molecule has 0 unspecified atom stereocenters. The number of rotatable bonds is 0. The van der Waals surface area contributed by atoms with Crippen LogP contribution in [0.3, 0.4) is 0 Å². The van der Waals surface area contributed by atoms with Crippen molar-refractivity contribution in [1.82, 2.24) is 0 Å². The minimum absolute atomic E-state index is 0.554. The maximum atomic E-state index is 5.21. The zero-order valence-corrected chi connectivity index (χ0v) is 5.74. The van der Waals surface area contributed by atoms with E-state index in [9.17, 15) is 0 Å². The molecule has 48 valence electrons. The van der Waals surface area contributed by atoms with Gasteiger partial charge < -0.3 is 4.74 Å². The van der Waals surface area contributed by atoms with Gasteiger partial charge in [0.25, 0.3) is 0 Å². The van der Waals surface area contributed by atoms with Crippen LogP contribution in [0.2, 0.25) is 0 Å². The van der Waals surface area contributed by atoms with Crippen molar-refractivity contribution in [2.24, 2.45) is 5.41 Å². The van der Waals surface area contributed by atoms with E-state index in [4.69, 9.17) is 4.74 Å². The Morgan fingerprint density at radius 2 is 1.62 bits per heavy atom. The van der Waals surface area contributed by atoms with Crippen molar-refractivity contribution in [1.29, 1.82) is 0 Å². The predicted octanol–water partition coefficient (Wildman–Crippen LogP) is 1.82. The van der Waals surface area contributed by atoms with Crippen molar-refractivity contribution >= 4 is 0 Å². The third kappa shape index (κ3) is 1.48. The lowest BCUT2D eigenvalue weighted by atomic mass is 9.85. The standard InChI is InChI=1S/C7H14O/c1-7(2)3-5-8-6-4-7/h3-6H2,1-2H3. The summed E-state index contributed by atoms with van der Waals surface area (Å²) in [6.07, 6.45) is 2.46. The summed E-state index contributed by atoms with van der Waals surface area (Å²) in [6.45, 7) is 6.53. The highest BCUT2D eigenvalue weighted by Crippen LogP contribution is 2.27. The molecule has 0 aliphatic carbocycles. The Hall–Kier alpha value is -0.0400. The smallest absolute Gasteiger partial charge is 0.0471 e. The molecule has 0 atom stereocenters. The van der Waals surface area contributed by atoms with Crippen LogP contribution in [0, 0.1) is 5.41 Å². The zero-order valence-electron chi connectivity index (χ0n) is 5.74. The molecular weight excluding hydrogens is 100 g/mol. The first-order chi connectivity index (χ1) is 3.71. The van der Waals surface area contributed by atoms with Crippen molar-refractivity contribution < 1.29 is 4.74 Å². The second-order valence-corrected chi connectivity index (χ2v) is 3.28. The van der Waals surface area contributed by atoms with Crippen LogP contribution in [0.25, 0.3) is 0 Å². The first-order valence-electron chi connectivity index (χ1n) is 3.28. The van der Waals surface area contributed by atoms with Crippen LogP contribution < -0.4 is 0 Å². The summed E-state index contributed by atoms with van der Waals surface area (Å²) in [7, 11) is 0. The van der Waals surface area contributed by atoms with E-state index in [0.717, 1.165) is 13.2 Å². The fraction of sp³-hybridized carbons (Fsp3) is 1.00. The van der Waals surface area contributed by atoms with Gasteiger partial charge in [0.05, 0.1) is 0 Å². The first kappa shape index (κ1) is 6.09. The summed E-state index contributed by atoms with van der Waals surface area (Å²) in [4.78, 5) is 0. The van der Waals surface area contributed by atoms with Gasteiger partial charge in [0, 0.05) is 13.2 Å². The van der Waals surface area contributed by atoms with E-state index in [1.807, 2.05) is 0 Å². The second-order valence-electron chi connectivity index (χ2n) is 3.28. The fourth-order valence-corrected chi connectivity index (χ4v) is 0.924. The molecule has 0 bridgehead atoms. The normalized spacial score (nSPS) is 27.8. The lowest BCUT2D eigenvalue weighted by Gasteiger charge is -2.28. The molecule has 0 saturated carbocycles. The van der Waals surface area contributed by atoms with E-state index in [0.29, 0.717) is 5.41 Å². The lowest BCUT2D eigenvalue weighted by molar-refractivity contribution is 0.0327. The predicted molar refractivity (Wildman–Crippen MR) is 33.8 cm³/mol. The Bertz CT molecular complexity index is 68.5. The van der Waals surface area contributed by atoms with E-state index in [-0.39, 0.29) is 0 Å². The Morgan fingerprint density at radius 1 is 1.12 bits per heavy atom. The summed E-state index contributed by atoms with van der Waals surface area (Å²) in [5.41, 5.74) is 0.554. The topological polar surface area (TPSA) is 9.23 Å². The van der Waals surface area contributed by atoms with Gasteiger partial charge >= 0.3 is 0 Å². The van der Waals surface area contributed by atoms with E-state index >= 15 is 0 Å². The molecule has 0 aromatic carbocycles. The lowest BCUT2D eigenvalue weighted by Crippen LogP contribution is -2.22. The van der Waals surface area contributed by atoms with Gasteiger partial charge in [0.15, 0.2) is 0 Å². The molecule has 0 spiro atoms. The Kier molecular flexibility index (Phi) is 1.57. The summed E-state index contributed by atoms with van der Waals surface area (Å²) in [5.74, 6) is 0. The molecule has 1 heteroatoms. The van der Waals surface area contributed by atoms with Crippen molar-refractivity contribution in [3.8, 4) is 0 Å². The van der Waals surface area contributed by atoms with Crippen molar-refractivity contribution in [2.45, 2.75) is 26.7 Å². The molecule has 0 aromatic heterocycles. The van der Waals surface area contributed by atoms with Gasteiger partial charge in [-0.25, -0.2) is 0 Å². The largest absolute Gasteiger partial charge is 0.381 e. The summed E-state index contributed by atoms with van der Waals surface area (Å²) >= 11 is 0. The van der Waals surface area contributed by atoms with Gasteiger partial charge in [0.2, 0.25) is 0 Å². The molecular formula is C7H14O. The number of ether oxygens (including phenoxy) is 1. The second kappa shape index (κ2) is 2.06. The van der Waals surface area contributed by atoms with Gasteiger partial charge in [-0.2, -0.15) is 0 Å². The first-order valence-corrected chi connectivity index (χ1v) is 3.28. The number of hydrogen-bond donors (Lipinski definition) is 0. The van der Waals surface area contributed by atoms with Crippen LogP contribution >= 0.6 is 0 Å². The Labute approximate surface area is 51.0 Å². The molecule has 1 nitrogen and oxygen atoms in total. The minimum Gasteiger partial charge on any atom is -0.381 e. The highest BCUT2D eigenvalue weighted by atomic mass is 16.5. The molecule has 0 N–H and O–H groups in total. The maximum Gasteiger partial charge on any atom is 0.0471 e. The van der Waals surface area contributed by atoms with E-state index in [2.05, 4.69) is 13.8 Å². The zero-order chi connectivity index (χ0) is 6.04. The molecule has 1 fully saturated rings. The van der Waals surface area contributed by atoms with Crippen LogP contribution in [-0.4, -0.2) is 13.2 Å². The van der Waals surface area contributed by atoms with Crippen LogP contribution in [0.5, 0.6) is 0 Å². The highest BCUT2D eigenvalue weighted by molar-refractivity contribution is 4.70. The van der Waals surface area contributed by atoms with Crippen LogP contribution in [0.15, 0.2) is 0 Å². The molecule has 0 aromatic rings. The molecule has 1 saturated heterocycles. The van der Waals surface area contributed by atoms with Gasteiger partial charge in [-0.15, -0.1) is 0 Å². The third-order valence-corrected chi connectivity index (χ3v) is 1.85. The average molecular weight is 114 g/mol. The maximum absolute atomic E-state index is 5.21. The Morgan fingerprint density at radius 3 is 1.88 bits per heavy atom. The van der Waals surface area contributed by atoms with Crippen molar-refractivity contribution in [3.63, 3.8) is 0 Å². The summed E-state index contributed by atoms with van der Waals surface area (Å²) < 4.78 is 5.21.